The van der Waals surface area contributed by atoms with Crippen molar-refractivity contribution in [3.8, 4) is 0 Å². The maximum atomic E-state index is 11.7. The number of aryl methyl sites for hydroxylation is 1. The SMILES string of the molecule is NCc1ccn(CCCOCC(F)(F)F)n1. The molecule has 1 aromatic rings. The van der Waals surface area contributed by atoms with Crippen LogP contribution in [0.2, 0.25) is 0 Å². The van der Waals surface area contributed by atoms with E-state index >= 15 is 0 Å². The van der Waals surface area contributed by atoms with Crippen LogP contribution in [0.5, 0.6) is 0 Å². The minimum Gasteiger partial charge on any atom is -0.372 e. The first-order valence-electron chi connectivity index (χ1n) is 4.88. The minimum atomic E-state index is -4.25. The topological polar surface area (TPSA) is 53.1 Å². The van der Waals surface area contributed by atoms with Gasteiger partial charge in [0.1, 0.15) is 6.61 Å². The molecule has 0 spiro atoms. The summed E-state index contributed by atoms with van der Waals surface area (Å²) in [5.41, 5.74) is 6.12. The van der Waals surface area contributed by atoms with E-state index in [0.29, 0.717) is 19.5 Å². The van der Waals surface area contributed by atoms with Crippen molar-refractivity contribution in [3.63, 3.8) is 0 Å². The summed E-state index contributed by atoms with van der Waals surface area (Å²) in [5, 5.41) is 4.09. The fourth-order valence-corrected chi connectivity index (χ4v) is 1.15. The van der Waals surface area contributed by atoms with Gasteiger partial charge in [-0.3, -0.25) is 4.68 Å². The number of alkyl halides is 3. The monoisotopic (exact) mass is 237 g/mol. The first-order valence-corrected chi connectivity index (χ1v) is 4.88. The largest absolute Gasteiger partial charge is 0.411 e. The molecule has 0 fully saturated rings. The van der Waals surface area contributed by atoms with Gasteiger partial charge in [0.2, 0.25) is 0 Å². The number of halogens is 3. The molecule has 0 radical (unpaired) electrons. The fraction of sp³-hybridized carbons (Fsp3) is 0.667. The van der Waals surface area contributed by atoms with Crippen LogP contribution in [0.3, 0.4) is 0 Å². The highest BCUT2D eigenvalue weighted by Gasteiger charge is 2.27. The van der Waals surface area contributed by atoms with Gasteiger partial charge in [-0.1, -0.05) is 0 Å². The zero-order valence-corrected chi connectivity index (χ0v) is 8.70. The molecule has 4 nitrogen and oxygen atoms in total. The van der Waals surface area contributed by atoms with E-state index in [-0.39, 0.29) is 6.61 Å². The van der Waals surface area contributed by atoms with Crippen molar-refractivity contribution in [2.24, 2.45) is 5.73 Å². The summed E-state index contributed by atoms with van der Waals surface area (Å²) in [4.78, 5) is 0. The van der Waals surface area contributed by atoms with Crippen molar-refractivity contribution in [2.75, 3.05) is 13.2 Å². The lowest BCUT2D eigenvalue weighted by atomic mass is 10.4. The van der Waals surface area contributed by atoms with Gasteiger partial charge in [0.15, 0.2) is 0 Å². The van der Waals surface area contributed by atoms with E-state index in [4.69, 9.17) is 5.73 Å². The Bertz CT molecular complexity index is 311. The lowest BCUT2D eigenvalue weighted by Crippen LogP contribution is -2.17. The Morgan fingerprint density at radius 2 is 2.19 bits per heavy atom. The number of rotatable bonds is 6. The summed E-state index contributed by atoms with van der Waals surface area (Å²) in [6.45, 7) is -0.243. The van der Waals surface area contributed by atoms with Crippen molar-refractivity contribution in [1.29, 1.82) is 0 Å². The fourth-order valence-electron chi connectivity index (χ4n) is 1.15. The second-order valence-corrected chi connectivity index (χ2v) is 3.30. The predicted octanol–water partition coefficient (Wildman–Crippen LogP) is 1.31. The molecule has 0 aliphatic rings. The Hall–Kier alpha value is -1.08. The standard InChI is InChI=1S/C9H14F3N3O/c10-9(11,12)7-16-5-1-3-15-4-2-8(6-13)14-15/h2,4H,1,3,5-7,13H2. The second kappa shape index (κ2) is 5.86. The van der Waals surface area contributed by atoms with Crippen molar-refractivity contribution in [3.05, 3.63) is 18.0 Å². The molecule has 0 aliphatic heterocycles. The zero-order valence-electron chi connectivity index (χ0n) is 8.70. The molecule has 1 aromatic heterocycles. The third kappa shape index (κ3) is 5.13. The predicted molar refractivity (Wildman–Crippen MR) is 51.6 cm³/mol. The molecule has 2 N–H and O–H groups in total. The van der Waals surface area contributed by atoms with Gasteiger partial charge >= 0.3 is 6.18 Å². The van der Waals surface area contributed by atoms with Gasteiger partial charge < -0.3 is 10.5 Å². The number of hydrogen-bond acceptors (Lipinski definition) is 3. The third-order valence-electron chi connectivity index (χ3n) is 1.85. The molecule has 16 heavy (non-hydrogen) atoms. The van der Waals surface area contributed by atoms with E-state index in [1.165, 1.54) is 0 Å². The van der Waals surface area contributed by atoms with E-state index in [1.807, 2.05) is 0 Å². The Morgan fingerprint density at radius 1 is 1.44 bits per heavy atom. The maximum Gasteiger partial charge on any atom is 0.411 e. The van der Waals surface area contributed by atoms with E-state index < -0.39 is 12.8 Å². The molecule has 1 heterocycles. The summed E-state index contributed by atoms with van der Waals surface area (Å²) < 4.78 is 41.2. The van der Waals surface area contributed by atoms with Gasteiger partial charge in [-0.15, -0.1) is 0 Å². The maximum absolute atomic E-state index is 11.7. The first kappa shape index (κ1) is 13.0. The molecule has 0 saturated heterocycles. The highest BCUT2D eigenvalue weighted by Crippen LogP contribution is 2.14. The quantitative estimate of drug-likeness (QED) is 0.759. The van der Waals surface area contributed by atoms with Crippen LogP contribution in [0.4, 0.5) is 13.2 Å². The number of nitrogens with zero attached hydrogens (tertiary/aromatic N) is 2. The average Bonchev–Trinajstić information content (AvgIpc) is 2.63. The Kier molecular flexibility index (Phi) is 4.75. The number of hydrogen-bond donors (Lipinski definition) is 1. The number of ether oxygens (including phenoxy) is 1. The summed E-state index contributed by atoms with van der Waals surface area (Å²) in [6.07, 6.45) is -2.02. The van der Waals surface area contributed by atoms with Gasteiger partial charge in [0, 0.05) is 25.9 Å². The van der Waals surface area contributed by atoms with Crippen molar-refractivity contribution >= 4 is 0 Å². The lowest BCUT2D eigenvalue weighted by Gasteiger charge is -2.07. The molecule has 0 atom stereocenters. The average molecular weight is 237 g/mol. The first-order chi connectivity index (χ1) is 7.51. The highest BCUT2D eigenvalue weighted by atomic mass is 19.4. The van der Waals surface area contributed by atoms with Crippen molar-refractivity contribution < 1.29 is 17.9 Å². The van der Waals surface area contributed by atoms with Crippen LogP contribution >= 0.6 is 0 Å². The molecule has 0 aromatic carbocycles. The van der Waals surface area contributed by atoms with E-state index in [0.717, 1.165) is 5.69 Å². The van der Waals surface area contributed by atoms with Crippen molar-refractivity contribution in [2.45, 2.75) is 25.7 Å². The van der Waals surface area contributed by atoms with Crippen LogP contribution in [0.15, 0.2) is 12.3 Å². The van der Waals surface area contributed by atoms with Crippen molar-refractivity contribution in [1.82, 2.24) is 9.78 Å². The molecule has 0 amide bonds. The molecule has 92 valence electrons. The van der Waals surface area contributed by atoms with Crippen LogP contribution in [-0.2, 0) is 17.8 Å². The minimum absolute atomic E-state index is 0.0668. The van der Waals surface area contributed by atoms with E-state index in [2.05, 4.69) is 9.84 Å². The van der Waals surface area contributed by atoms with Crippen LogP contribution in [0.25, 0.3) is 0 Å². The second-order valence-electron chi connectivity index (χ2n) is 3.30. The molecule has 1 rings (SSSR count). The summed E-state index contributed by atoms with van der Waals surface area (Å²) in [5.74, 6) is 0. The van der Waals surface area contributed by atoms with Crippen LogP contribution in [0, 0.1) is 0 Å². The normalized spacial score (nSPS) is 12.0. The number of aromatic nitrogens is 2. The number of nitrogens with two attached hydrogens (primary N) is 1. The van der Waals surface area contributed by atoms with Gasteiger partial charge in [-0.2, -0.15) is 18.3 Å². The lowest BCUT2D eigenvalue weighted by molar-refractivity contribution is -0.174. The Labute approximate surface area is 91.2 Å². The van der Waals surface area contributed by atoms with Crippen LogP contribution < -0.4 is 5.73 Å². The summed E-state index contributed by atoms with van der Waals surface area (Å²) in [7, 11) is 0. The third-order valence-corrected chi connectivity index (χ3v) is 1.85. The van der Waals surface area contributed by atoms with Gasteiger partial charge in [0.25, 0.3) is 0 Å². The zero-order chi connectivity index (χ0) is 12.0. The summed E-state index contributed by atoms with van der Waals surface area (Å²) in [6, 6.07) is 1.77. The smallest absolute Gasteiger partial charge is 0.372 e. The van der Waals surface area contributed by atoms with Gasteiger partial charge in [-0.05, 0) is 12.5 Å². The van der Waals surface area contributed by atoms with E-state index in [9.17, 15) is 13.2 Å². The molecule has 0 saturated carbocycles. The summed E-state index contributed by atoms with van der Waals surface area (Å²) >= 11 is 0. The highest BCUT2D eigenvalue weighted by molar-refractivity contribution is 4.97. The van der Waals surface area contributed by atoms with E-state index in [1.54, 1.807) is 16.9 Å². The molecule has 0 bridgehead atoms. The molecular weight excluding hydrogens is 223 g/mol. The Morgan fingerprint density at radius 3 is 2.75 bits per heavy atom. The van der Waals surface area contributed by atoms with Crippen LogP contribution in [0.1, 0.15) is 12.1 Å². The van der Waals surface area contributed by atoms with Gasteiger partial charge in [0.05, 0.1) is 5.69 Å². The Balaban J connectivity index is 2.11. The molecular formula is C9H14F3N3O. The molecule has 7 heteroatoms. The molecule has 0 aliphatic carbocycles. The van der Waals surface area contributed by atoms with Crippen LogP contribution in [-0.4, -0.2) is 29.2 Å². The van der Waals surface area contributed by atoms with Gasteiger partial charge in [-0.25, -0.2) is 0 Å². The molecule has 0 unspecified atom stereocenters.